The predicted octanol–water partition coefficient (Wildman–Crippen LogP) is -0.244. The van der Waals surface area contributed by atoms with E-state index >= 15 is 0 Å². The molecule has 0 aromatic heterocycles. The third-order valence-electron chi connectivity index (χ3n) is 3.44. The number of carbonyl (C=O) groups excluding carboxylic acids is 2. The minimum absolute atomic E-state index is 0. The number of halogens is 1. The highest BCUT2D eigenvalue weighted by Crippen LogP contribution is 2.28. The lowest BCUT2D eigenvalue weighted by atomic mass is 9.81. The van der Waals surface area contributed by atoms with Crippen LogP contribution in [0.15, 0.2) is 0 Å². The van der Waals surface area contributed by atoms with Crippen LogP contribution in [0, 0.1) is 5.41 Å². The number of piperazine rings is 1. The maximum Gasteiger partial charge on any atom is 0.239 e. The molecule has 98 valence electrons. The van der Waals surface area contributed by atoms with E-state index in [0.29, 0.717) is 13.1 Å². The summed E-state index contributed by atoms with van der Waals surface area (Å²) in [5.74, 6) is 0.0709. The average Bonchev–Trinajstić information content (AvgIpc) is 2.29. The number of carbonyl (C=O) groups is 2. The van der Waals surface area contributed by atoms with Crippen LogP contribution in [0.1, 0.15) is 19.8 Å². The van der Waals surface area contributed by atoms with Crippen LogP contribution in [-0.2, 0) is 9.59 Å². The van der Waals surface area contributed by atoms with Crippen LogP contribution in [-0.4, -0.2) is 49.4 Å². The third kappa shape index (κ3) is 3.10. The van der Waals surface area contributed by atoms with Crippen molar-refractivity contribution >= 4 is 24.2 Å². The molecular formula is C11H20ClN3O2. The number of rotatable bonds is 1. The Labute approximate surface area is 108 Å². The summed E-state index contributed by atoms with van der Waals surface area (Å²) in [7, 11) is 0. The van der Waals surface area contributed by atoms with E-state index in [1.54, 1.807) is 4.90 Å². The Morgan fingerprint density at radius 3 is 2.76 bits per heavy atom. The first-order chi connectivity index (χ1) is 7.62. The van der Waals surface area contributed by atoms with Gasteiger partial charge < -0.3 is 15.5 Å². The first-order valence-corrected chi connectivity index (χ1v) is 5.89. The van der Waals surface area contributed by atoms with Crippen molar-refractivity contribution in [3.05, 3.63) is 0 Å². The minimum Gasteiger partial charge on any atom is -0.353 e. The van der Waals surface area contributed by atoms with E-state index < -0.39 is 0 Å². The van der Waals surface area contributed by atoms with Gasteiger partial charge >= 0.3 is 0 Å². The molecule has 1 unspecified atom stereocenters. The summed E-state index contributed by atoms with van der Waals surface area (Å²) in [5.41, 5.74) is -0.324. The van der Waals surface area contributed by atoms with Gasteiger partial charge in [-0.15, -0.1) is 12.4 Å². The predicted molar refractivity (Wildman–Crippen MR) is 67.0 cm³/mol. The molecule has 2 amide bonds. The molecule has 2 heterocycles. The van der Waals surface area contributed by atoms with E-state index in [2.05, 4.69) is 10.6 Å². The lowest BCUT2D eigenvalue weighted by Crippen LogP contribution is -2.56. The highest BCUT2D eigenvalue weighted by atomic mass is 35.5. The summed E-state index contributed by atoms with van der Waals surface area (Å²) >= 11 is 0. The van der Waals surface area contributed by atoms with Crippen molar-refractivity contribution in [2.75, 3.05) is 32.7 Å². The zero-order chi connectivity index (χ0) is 11.6. The zero-order valence-corrected chi connectivity index (χ0v) is 10.9. The van der Waals surface area contributed by atoms with Crippen molar-refractivity contribution < 1.29 is 9.59 Å². The number of nitrogens with zero attached hydrogens (tertiary/aromatic N) is 1. The van der Waals surface area contributed by atoms with Gasteiger partial charge in [-0.1, -0.05) is 0 Å². The molecule has 0 radical (unpaired) electrons. The van der Waals surface area contributed by atoms with Crippen molar-refractivity contribution in [2.45, 2.75) is 19.8 Å². The molecule has 0 aromatic rings. The molecule has 2 aliphatic heterocycles. The topological polar surface area (TPSA) is 61.4 Å². The van der Waals surface area contributed by atoms with E-state index in [1.807, 2.05) is 6.92 Å². The van der Waals surface area contributed by atoms with Gasteiger partial charge in [0.2, 0.25) is 11.8 Å². The number of hydrogen-bond acceptors (Lipinski definition) is 3. The molecule has 17 heavy (non-hydrogen) atoms. The van der Waals surface area contributed by atoms with E-state index in [4.69, 9.17) is 0 Å². The van der Waals surface area contributed by atoms with Crippen molar-refractivity contribution in [3.63, 3.8) is 0 Å². The van der Waals surface area contributed by atoms with Gasteiger partial charge in [-0.25, -0.2) is 0 Å². The monoisotopic (exact) mass is 261 g/mol. The molecular weight excluding hydrogens is 242 g/mol. The van der Waals surface area contributed by atoms with Gasteiger partial charge in [0, 0.05) is 19.6 Å². The fraction of sp³-hybridized carbons (Fsp3) is 0.818. The molecule has 2 rings (SSSR count). The smallest absolute Gasteiger partial charge is 0.239 e. The molecule has 2 aliphatic rings. The van der Waals surface area contributed by atoms with Crippen molar-refractivity contribution in [3.8, 4) is 0 Å². The fourth-order valence-electron chi connectivity index (χ4n) is 2.43. The Morgan fingerprint density at radius 1 is 1.41 bits per heavy atom. The second kappa shape index (κ2) is 5.69. The normalized spacial score (nSPS) is 29.2. The zero-order valence-electron chi connectivity index (χ0n) is 10.1. The standard InChI is InChI=1S/C11H19N3O2.ClH/c1-11(3-2-4-12-8-11)10(16)14-6-5-13-9(15)7-14;/h12H,2-8H2,1H3,(H,13,15);1H. The molecule has 0 saturated carbocycles. The maximum atomic E-state index is 12.3. The second-order valence-electron chi connectivity index (χ2n) is 4.92. The van der Waals surface area contributed by atoms with E-state index in [1.165, 1.54) is 0 Å². The molecule has 0 aliphatic carbocycles. The Morgan fingerprint density at radius 2 is 2.18 bits per heavy atom. The lowest BCUT2D eigenvalue weighted by molar-refractivity contribution is -0.146. The summed E-state index contributed by atoms with van der Waals surface area (Å²) in [6, 6.07) is 0. The molecule has 5 nitrogen and oxygen atoms in total. The molecule has 2 N–H and O–H groups in total. The van der Waals surface area contributed by atoms with Gasteiger partial charge in [0.25, 0.3) is 0 Å². The highest BCUT2D eigenvalue weighted by Gasteiger charge is 2.38. The Hall–Kier alpha value is -0.810. The molecule has 2 saturated heterocycles. The highest BCUT2D eigenvalue weighted by molar-refractivity contribution is 5.89. The second-order valence-corrected chi connectivity index (χ2v) is 4.92. The number of amides is 2. The summed E-state index contributed by atoms with van der Waals surface area (Å²) < 4.78 is 0. The molecule has 6 heteroatoms. The number of piperidine rings is 1. The third-order valence-corrected chi connectivity index (χ3v) is 3.44. The van der Waals surface area contributed by atoms with Gasteiger partial charge in [0.05, 0.1) is 12.0 Å². The first-order valence-electron chi connectivity index (χ1n) is 5.89. The molecule has 0 bridgehead atoms. The summed E-state index contributed by atoms with van der Waals surface area (Å²) in [5, 5.41) is 5.99. The first kappa shape index (κ1) is 14.3. The molecule has 0 aromatic carbocycles. The Kier molecular flexibility index (Phi) is 4.77. The maximum absolute atomic E-state index is 12.3. The quantitative estimate of drug-likeness (QED) is 0.685. The van der Waals surface area contributed by atoms with E-state index in [0.717, 1.165) is 25.9 Å². The van der Waals surface area contributed by atoms with Crippen LogP contribution in [0.3, 0.4) is 0 Å². The van der Waals surface area contributed by atoms with Crippen molar-refractivity contribution in [1.29, 1.82) is 0 Å². The van der Waals surface area contributed by atoms with Gasteiger partial charge in [0.1, 0.15) is 0 Å². The van der Waals surface area contributed by atoms with E-state index in [-0.39, 0.29) is 36.2 Å². The Bertz CT molecular complexity index is 303. The molecule has 1 atom stereocenters. The fourth-order valence-corrected chi connectivity index (χ4v) is 2.43. The minimum atomic E-state index is -0.324. The van der Waals surface area contributed by atoms with Gasteiger partial charge in [0.15, 0.2) is 0 Å². The number of hydrogen-bond donors (Lipinski definition) is 2. The van der Waals surface area contributed by atoms with Crippen LogP contribution < -0.4 is 10.6 Å². The Balaban J connectivity index is 0.00000144. The molecule has 0 spiro atoms. The largest absolute Gasteiger partial charge is 0.353 e. The summed E-state index contributed by atoms with van der Waals surface area (Å²) in [6.07, 6.45) is 1.94. The van der Waals surface area contributed by atoms with Gasteiger partial charge in [-0.05, 0) is 26.3 Å². The number of nitrogens with one attached hydrogen (secondary N) is 2. The summed E-state index contributed by atoms with van der Waals surface area (Å²) in [4.78, 5) is 25.3. The van der Waals surface area contributed by atoms with Crippen LogP contribution in [0.4, 0.5) is 0 Å². The van der Waals surface area contributed by atoms with Crippen molar-refractivity contribution in [2.24, 2.45) is 5.41 Å². The average molecular weight is 262 g/mol. The van der Waals surface area contributed by atoms with Crippen LogP contribution in [0.25, 0.3) is 0 Å². The lowest BCUT2D eigenvalue weighted by Gasteiger charge is -2.38. The van der Waals surface area contributed by atoms with Crippen LogP contribution in [0.2, 0.25) is 0 Å². The van der Waals surface area contributed by atoms with Gasteiger partial charge in [-0.3, -0.25) is 9.59 Å². The van der Waals surface area contributed by atoms with E-state index in [9.17, 15) is 9.59 Å². The van der Waals surface area contributed by atoms with Crippen LogP contribution in [0.5, 0.6) is 0 Å². The van der Waals surface area contributed by atoms with Crippen LogP contribution >= 0.6 is 12.4 Å². The summed E-state index contributed by atoms with van der Waals surface area (Å²) in [6.45, 7) is 5.14. The van der Waals surface area contributed by atoms with Crippen molar-refractivity contribution in [1.82, 2.24) is 15.5 Å². The van der Waals surface area contributed by atoms with Gasteiger partial charge in [-0.2, -0.15) is 0 Å². The molecule has 2 fully saturated rings. The SMILES string of the molecule is CC1(C(=O)N2CCNC(=O)C2)CCCNC1.Cl.